The molecule has 3 rings (SSSR count). The summed E-state index contributed by atoms with van der Waals surface area (Å²) in [6.45, 7) is 3.80. The summed E-state index contributed by atoms with van der Waals surface area (Å²) in [5.74, 6) is -0.189. The highest BCUT2D eigenvalue weighted by Gasteiger charge is 2.24. The zero-order valence-electron chi connectivity index (χ0n) is 13.8. The molecular formula is C16H23N3O4S. The number of nitrogens with zero attached hydrogens (tertiary/aromatic N) is 2. The molecule has 1 aromatic heterocycles. The van der Waals surface area contributed by atoms with Gasteiger partial charge in [0.25, 0.3) is 0 Å². The Morgan fingerprint density at radius 2 is 1.96 bits per heavy atom. The van der Waals surface area contributed by atoms with Crippen molar-refractivity contribution in [2.24, 2.45) is 0 Å². The van der Waals surface area contributed by atoms with Crippen LogP contribution in [-0.4, -0.2) is 42.8 Å². The molecule has 8 heteroatoms. The Morgan fingerprint density at radius 1 is 1.25 bits per heavy atom. The van der Waals surface area contributed by atoms with E-state index in [1.54, 1.807) is 10.6 Å². The van der Waals surface area contributed by atoms with Gasteiger partial charge in [0.05, 0.1) is 17.9 Å². The SMILES string of the molecule is CCCS(=O)(=O)NC1CCN(Cn2c(=O)oc3ccccc32)CC1. The van der Waals surface area contributed by atoms with E-state index >= 15 is 0 Å². The van der Waals surface area contributed by atoms with Gasteiger partial charge < -0.3 is 4.42 Å². The van der Waals surface area contributed by atoms with Crippen molar-refractivity contribution in [2.45, 2.75) is 38.9 Å². The predicted molar refractivity (Wildman–Crippen MR) is 92.3 cm³/mol. The zero-order valence-corrected chi connectivity index (χ0v) is 14.6. The number of para-hydroxylation sites is 2. The first-order valence-corrected chi connectivity index (χ1v) is 9.94. The first kappa shape index (κ1) is 17.2. The molecule has 0 atom stereocenters. The number of piperidine rings is 1. The Kier molecular flexibility index (Phi) is 5.07. The molecule has 7 nitrogen and oxygen atoms in total. The van der Waals surface area contributed by atoms with Crippen LogP contribution in [0.1, 0.15) is 26.2 Å². The second-order valence-electron chi connectivity index (χ2n) is 6.23. The number of fused-ring (bicyclic) bond motifs is 1. The molecule has 132 valence electrons. The lowest BCUT2D eigenvalue weighted by Crippen LogP contribution is -2.46. The average Bonchev–Trinajstić information content (AvgIpc) is 2.85. The van der Waals surface area contributed by atoms with Gasteiger partial charge in [0.2, 0.25) is 10.0 Å². The van der Waals surface area contributed by atoms with Gasteiger partial charge in [-0.25, -0.2) is 17.9 Å². The number of sulfonamides is 1. The Morgan fingerprint density at radius 3 is 2.67 bits per heavy atom. The van der Waals surface area contributed by atoms with E-state index in [0.29, 0.717) is 18.7 Å². The molecule has 0 saturated carbocycles. The summed E-state index contributed by atoms with van der Waals surface area (Å²) in [5, 5.41) is 0. The van der Waals surface area contributed by atoms with Crippen LogP contribution in [0.15, 0.2) is 33.5 Å². The van der Waals surface area contributed by atoms with Gasteiger partial charge in [-0.2, -0.15) is 0 Å². The standard InChI is InChI=1S/C16H23N3O4S/c1-2-11-24(21,22)17-13-7-9-18(10-8-13)12-19-14-5-3-4-6-15(14)23-16(19)20/h3-6,13,17H,2,7-12H2,1H3. The smallest absolute Gasteiger partial charge is 0.408 e. The topological polar surface area (TPSA) is 84.5 Å². The maximum atomic E-state index is 12.0. The van der Waals surface area contributed by atoms with Gasteiger partial charge in [-0.3, -0.25) is 9.47 Å². The molecular weight excluding hydrogens is 330 g/mol. The maximum absolute atomic E-state index is 12.0. The average molecular weight is 353 g/mol. The number of aromatic nitrogens is 1. The van der Waals surface area contributed by atoms with Crippen LogP contribution in [0.3, 0.4) is 0 Å². The summed E-state index contributed by atoms with van der Waals surface area (Å²) in [6, 6.07) is 7.34. The highest BCUT2D eigenvalue weighted by atomic mass is 32.2. The molecule has 1 saturated heterocycles. The number of hydrogen-bond acceptors (Lipinski definition) is 5. The van der Waals surface area contributed by atoms with Gasteiger partial charge in [-0.05, 0) is 31.4 Å². The highest BCUT2D eigenvalue weighted by Crippen LogP contribution is 2.16. The molecule has 2 aromatic rings. The van der Waals surface area contributed by atoms with Crippen molar-refractivity contribution in [1.29, 1.82) is 0 Å². The van der Waals surface area contributed by atoms with Crippen molar-refractivity contribution >= 4 is 21.1 Å². The largest absolute Gasteiger partial charge is 0.421 e. The van der Waals surface area contributed by atoms with E-state index in [0.717, 1.165) is 31.4 Å². The minimum atomic E-state index is -3.17. The number of nitrogens with one attached hydrogen (secondary N) is 1. The molecule has 2 heterocycles. The Balaban J connectivity index is 1.61. The van der Waals surface area contributed by atoms with Crippen molar-refractivity contribution in [1.82, 2.24) is 14.2 Å². The van der Waals surface area contributed by atoms with Crippen molar-refractivity contribution < 1.29 is 12.8 Å². The van der Waals surface area contributed by atoms with E-state index in [2.05, 4.69) is 9.62 Å². The molecule has 1 aliphatic rings. The summed E-state index contributed by atoms with van der Waals surface area (Å²) in [7, 11) is -3.17. The Labute approximate surface area is 141 Å². The van der Waals surface area contributed by atoms with Gasteiger partial charge in [0.1, 0.15) is 0 Å². The molecule has 0 aliphatic carbocycles. The number of oxazole rings is 1. The molecule has 0 spiro atoms. The number of likely N-dealkylation sites (tertiary alicyclic amines) is 1. The van der Waals surface area contributed by atoms with Gasteiger partial charge in [0, 0.05) is 19.1 Å². The zero-order chi connectivity index (χ0) is 17.2. The third-order valence-corrected chi connectivity index (χ3v) is 5.96. The fraction of sp³-hybridized carbons (Fsp3) is 0.562. The van der Waals surface area contributed by atoms with Crippen LogP contribution >= 0.6 is 0 Å². The minimum Gasteiger partial charge on any atom is -0.408 e. The molecule has 24 heavy (non-hydrogen) atoms. The molecule has 0 bridgehead atoms. The predicted octanol–water partition coefficient (Wildman–Crippen LogP) is 1.35. The molecule has 1 fully saturated rings. The third-order valence-electron chi connectivity index (χ3n) is 4.32. The quantitative estimate of drug-likeness (QED) is 0.847. The maximum Gasteiger partial charge on any atom is 0.421 e. The number of rotatable bonds is 6. The van der Waals surface area contributed by atoms with Crippen molar-refractivity contribution in [3.05, 3.63) is 34.8 Å². The summed E-state index contributed by atoms with van der Waals surface area (Å²) in [4.78, 5) is 14.2. The number of benzene rings is 1. The molecule has 1 N–H and O–H groups in total. The Bertz CT molecular complexity index is 848. The van der Waals surface area contributed by atoms with Gasteiger partial charge in [-0.15, -0.1) is 0 Å². The summed E-state index contributed by atoms with van der Waals surface area (Å²) in [6.07, 6.45) is 2.10. The fourth-order valence-corrected chi connectivity index (χ4v) is 4.52. The van der Waals surface area contributed by atoms with Gasteiger partial charge in [-0.1, -0.05) is 19.1 Å². The van der Waals surface area contributed by atoms with E-state index in [1.807, 2.05) is 25.1 Å². The van der Waals surface area contributed by atoms with Gasteiger partial charge >= 0.3 is 5.76 Å². The lowest BCUT2D eigenvalue weighted by molar-refractivity contribution is 0.163. The first-order chi connectivity index (χ1) is 11.5. The van der Waals surface area contributed by atoms with E-state index in [4.69, 9.17) is 4.42 Å². The van der Waals surface area contributed by atoms with Crippen LogP contribution in [0.2, 0.25) is 0 Å². The minimum absolute atomic E-state index is 0.0179. The third kappa shape index (κ3) is 3.88. The van der Waals surface area contributed by atoms with E-state index < -0.39 is 10.0 Å². The molecule has 0 unspecified atom stereocenters. The lowest BCUT2D eigenvalue weighted by Gasteiger charge is -2.32. The van der Waals surface area contributed by atoms with Crippen LogP contribution in [-0.2, 0) is 16.7 Å². The second-order valence-corrected chi connectivity index (χ2v) is 8.11. The van der Waals surface area contributed by atoms with Crippen LogP contribution in [0.5, 0.6) is 0 Å². The lowest BCUT2D eigenvalue weighted by atomic mass is 10.1. The molecule has 1 aliphatic heterocycles. The summed E-state index contributed by atoms with van der Waals surface area (Å²) >= 11 is 0. The van der Waals surface area contributed by atoms with E-state index in [1.165, 1.54) is 0 Å². The normalized spacial score (nSPS) is 17.5. The second kappa shape index (κ2) is 7.08. The van der Waals surface area contributed by atoms with E-state index in [-0.39, 0.29) is 17.6 Å². The first-order valence-electron chi connectivity index (χ1n) is 8.29. The molecule has 0 amide bonds. The monoisotopic (exact) mass is 353 g/mol. The van der Waals surface area contributed by atoms with E-state index in [9.17, 15) is 13.2 Å². The summed E-state index contributed by atoms with van der Waals surface area (Å²) in [5.41, 5.74) is 1.37. The fourth-order valence-electron chi connectivity index (χ4n) is 3.12. The van der Waals surface area contributed by atoms with Crippen molar-refractivity contribution in [3.63, 3.8) is 0 Å². The van der Waals surface area contributed by atoms with Crippen LogP contribution < -0.4 is 10.5 Å². The highest BCUT2D eigenvalue weighted by molar-refractivity contribution is 7.89. The number of hydrogen-bond donors (Lipinski definition) is 1. The van der Waals surface area contributed by atoms with Gasteiger partial charge in [0.15, 0.2) is 5.58 Å². The van der Waals surface area contributed by atoms with Crippen LogP contribution in [0, 0.1) is 0 Å². The molecule has 0 radical (unpaired) electrons. The molecule has 1 aromatic carbocycles. The van der Waals surface area contributed by atoms with Crippen LogP contribution in [0.4, 0.5) is 0 Å². The van der Waals surface area contributed by atoms with Crippen molar-refractivity contribution in [3.8, 4) is 0 Å². The van der Waals surface area contributed by atoms with Crippen molar-refractivity contribution in [2.75, 3.05) is 18.8 Å². The van der Waals surface area contributed by atoms with Crippen LogP contribution in [0.25, 0.3) is 11.1 Å². The Hall–Kier alpha value is -1.64. The summed E-state index contributed by atoms with van der Waals surface area (Å²) < 4.78 is 33.3.